The Hall–Kier alpha value is -3.52. The zero-order chi connectivity index (χ0) is 25.2. The van der Waals surface area contributed by atoms with Crippen LogP contribution in [0, 0.1) is 17.2 Å². The Balaban J connectivity index is 1.37. The molecule has 11 heteroatoms. The van der Waals surface area contributed by atoms with Gasteiger partial charge in [-0.25, -0.2) is 19.6 Å². The van der Waals surface area contributed by atoms with Gasteiger partial charge in [-0.15, -0.1) is 0 Å². The van der Waals surface area contributed by atoms with E-state index in [9.17, 15) is 20.0 Å². The Morgan fingerprint density at radius 1 is 1.19 bits per heavy atom. The minimum Gasteiger partial charge on any atom is -0.465 e. The van der Waals surface area contributed by atoms with Crippen molar-refractivity contribution in [2.24, 2.45) is 5.92 Å². The second kappa shape index (κ2) is 10.2. The van der Waals surface area contributed by atoms with Gasteiger partial charge in [-0.3, -0.25) is 4.90 Å². The second-order valence-electron chi connectivity index (χ2n) is 9.35. The molecule has 2 amide bonds. The van der Waals surface area contributed by atoms with Crippen molar-refractivity contribution in [2.45, 2.75) is 43.1 Å². The first-order valence-corrected chi connectivity index (χ1v) is 13.2. The summed E-state index contributed by atoms with van der Waals surface area (Å²) in [7, 11) is 0. The van der Waals surface area contributed by atoms with Crippen molar-refractivity contribution in [3.05, 3.63) is 47.2 Å². The highest BCUT2D eigenvalue weighted by atomic mass is 32.2. The number of aromatic nitrogens is 2. The van der Waals surface area contributed by atoms with Crippen LogP contribution in [-0.2, 0) is 17.8 Å². The summed E-state index contributed by atoms with van der Waals surface area (Å²) in [5.74, 6) is 1.04. The van der Waals surface area contributed by atoms with Crippen molar-refractivity contribution in [3.63, 3.8) is 0 Å². The summed E-state index contributed by atoms with van der Waals surface area (Å²) in [6, 6.07) is 11.1. The number of hydrogen-bond acceptors (Lipinski definition) is 8. The van der Waals surface area contributed by atoms with Crippen LogP contribution in [0.5, 0.6) is 0 Å². The van der Waals surface area contributed by atoms with Crippen molar-refractivity contribution in [1.82, 2.24) is 19.8 Å². The van der Waals surface area contributed by atoms with E-state index in [4.69, 9.17) is 14.7 Å². The van der Waals surface area contributed by atoms with Gasteiger partial charge in [-0.1, -0.05) is 42.1 Å². The van der Waals surface area contributed by atoms with Gasteiger partial charge in [0.1, 0.15) is 12.4 Å². The summed E-state index contributed by atoms with van der Waals surface area (Å²) in [6.45, 7) is 2.07. The Morgan fingerprint density at radius 3 is 2.72 bits per heavy atom. The van der Waals surface area contributed by atoms with Crippen LogP contribution in [0.15, 0.2) is 35.5 Å². The first-order valence-electron chi connectivity index (χ1n) is 12.0. The number of fused-ring (bicyclic) bond motifs is 4. The first kappa shape index (κ1) is 24.2. The van der Waals surface area contributed by atoms with E-state index in [0.29, 0.717) is 31.3 Å². The molecule has 3 atom stereocenters. The van der Waals surface area contributed by atoms with Crippen LogP contribution >= 0.6 is 11.8 Å². The van der Waals surface area contributed by atoms with E-state index < -0.39 is 12.2 Å². The molecule has 0 unspecified atom stereocenters. The van der Waals surface area contributed by atoms with Crippen LogP contribution < -0.4 is 4.90 Å². The average molecular weight is 509 g/mol. The van der Waals surface area contributed by atoms with Crippen LogP contribution in [-0.4, -0.2) is 75.5 Å². The van der Waals surface area contributed by atoms with Crippen molar-refractivity contribution in [1.29, 1.82) is 5.26 Å². The highest BCUT2D eigenvalue weighted by Crippen LogP contribution is 2.45. The SMILES string of the molecule is CSc1nc2c(c(N3CCN(C(=O)OCc4ccccc4)[C@@H](CC#N)C3)n1)C[C@@H]1C[C@H]2N(C(=O)O)C1. The van der Waals surface area contributed by atoms with Gasteiger partial charge in [-0.2, -0.15) is 5.26 Å². The van der Waals surface area contributed by atoms with E-state index in [1.807, 2.05) is 36.6 Å². The van der Waals surface area contributed by atoms with Crippen LogP contribution in [0.1, 0.15) is 35.7 Å². The molecule has 1 aliphatic carbocycles. The number of rotatable bonds is 5. The number of benzene rings is 1. The zero-order valence-electron chi connectivity index (χ0n) is 20.0. The molecule has 0 saturated carbocycles. The number of carboxylic acid groups (broad SMARTS) is 1. The van der Waals surface area contributed by atoms with Crippen molar-refractivity contribution < 1.29 is 19.4 Å². The van der Waals surface area contributed by atoms with E-state index in [1.54, 1.807) is 4.90 Å². The molecule has 2 aromatic rings. The van der Waals surface area contributed by atoms with E-state index in [-0.39, 0.29) is 31.0 Å². The smallest absolute Gasteiger partial charge is 0.410 e. The molecule has 36 heavy (non-hydrogen) atoms. The molecule has 10 nitrogen and oxygen atoms in total. The fraction of sp³-hybridized carbons (Fsp3) is 0.480. The maximum Gasteiger partial charge on any atom is 0.410 e. The van der Waals surface area contributed by atoms with Crippen LogP contribution in [0.2, 0.25) is 0 Å². The van der Waals surface area contributed by atoms with Crippen LogP contribution in [0.3, 0.4) is 0 Å². The lowest BCUT2D eigenvalue weighted by Gasteiger charge is -2.41. The molecule has 0 radical (unpaired) electrons. The minimum absolute atomic E-state index is 0.178. The number of ether oxygens (including phenoxy) is 1. The Bertz CT molecular complexity index is 1190. The Kier molecular flexibility index (Phi) is 6.87. The molecular formula is C25H28N6O4S. The van der Waals surface area contributed by atoms with Crippen LogP contribution in [0.25, 0.3) is 0 Å². The summed E-state index contributed by atoms with van der Waals surface area (Å²) in [5.41, 5.74) is 2.69. The number of carbonyl (C=O) groups excluding carboxylic acids is 1. The largest absolute Gasteiger partial charge is 0.465 e. The molecule has 3 heterocycles. The number of carbonyl (C=O) groups is 2. The number of hydrogen-bond donors (Lipinski definition) is 1. The van der Waals surface area contributed by atoms with Crippen molar-refractivity contribution in [2.75, 3.05) is 37.3 Å². The van der Waals surface area contributed by atoms with Gasteiger partial charge in [0.15, 0.2) is 5.16 Å². The topological polar surface area (TPSA) is 123 Å². The molecule has 188 valence electrons. The molecule has 5 rings (SSSR count). The fourth-order valence-corrected chi connectivity index (χ4v) is 5.86. The molecule has 1 aromatic heterocycles. The lowest BCUT2D eigenvalue weighted by atomic mass is 9.87. The molecule has 2 saturated heterocycles. The molecule has 3 aliphatic rings. The number of anilines is 1. The first-order chi connectivity index (χ1) is 17.5. The third kappa shape index (κ3) is 4.65. The molecule has 2 fully saturated rings. The van der Waals surface area contributed by atoms with Gasteiger partial charge >= 0.3 is 12.2 Å². The van der Waals surface area contributed by atoms with Gasteiger partial charge in [0.2, 0.25) is 0 Å². The second-order valence-corrected chi connectivity index (χ2v) is 10.1. The standard InChI is InChI=1S/C25H28N6O4S/c1-36-23-27-21-19(11-17-12-20(21)31(13-17)24(32)33)22(28-23)29-9-10-30(18(14-29)7-8-26)25(34)35-15-16-5-3-2-4-6-16/h2-6,17-18,20H,7,9-15H2,1H3,(H,32,33)/t17-,18+,20-/m1/s1. The van der Waals surface area contributed by atoms with E-state index in [1.165, 1.54) is 16.7 Å². The molecule has 2 bridgehead atoms. The maximum absolute atomic E-state index is 12.9. The molecule has 1 N–H and O–H groups in total. The normalized spacial score (nSPS) is 22.7. The average Bonchev–Trinajstić information content (AvgIpc) is 3.25. The van der Waals surface area contributed by atoms with Gasteiger partial charge in [-0.05, 0) is 30.6 Å². The predicted molar refractivity (Wildman–Crippen MR) is 133 cm³/mol. The summed E-state index contributed by atoms with van der Waals surface area (Å²) in [6.07, 6.45) is 2.24. The third-order valence-electron chi connectivity index (χ3n) is 7.17. The lowest BCUT2D eigenvalue weighted by molar-refractivity contribution is 0.0767. The Labute approximate surface area is 213 Å². The summed E-state index contributed by atoms with van der Waals surface area (Å²) in [4.78, 5) is 39.6. The van der Waals surface area contributed by atoms with E-state index in [2.05, 4.69) is 11.0 Å². The van der Waals surface area contributed by atoms with Gasteiger partial charge in [0.05, 0.1) is 30.3 Å². The van der Waals surface area contributed by atoms with Crippen molar-refractivity contribution in [3.8, 4) is 6.07 Å². The molecule has 2 aliphatic heterocycles. The number of amides is 2. The summed E-state index contributed by atoms with van der Waals surface area (Å²) in [5, 5.41) is 19.8. The number of nitriles is 1. The highest BCUT2D eigenvalue weighted by molar-refractivity contribution is 7.98. The minimum atomic E-state index is -0.919. The zero-order valence-corrected chi connectivity index (χ0v) is 20.9. The Morgan fingerprint density at radius 2 is 2.00 bits per heavy atom. The van der Waals surface area contributed by atoms with Gasteiger partial charge in [0.25, 0.3) is 0 Å². The highest BCUT2D eigenvalue weighted by Gasteiger charge is 2.44. The van der Waals surface area contributed by atoms with Crippen LogP contribution in [0.4, 0.5) is 15.4 Å². The number of piperazine rings is 1. The maximum atomic E-state index is 12.9. The number of likely N-dealkylation sites (tertiary alicyclic amines) is 1. The number of nitrogens with zero attached hydrogens (tertiary/aromatic N) is 6. The van der Waals surface area contributed by atoms with E-state index >= 15 is 0 Å². The predicted octanol–water partition coefficient (Wildman–Crippen LogP) is 3.54. The molecule has 0 spiro atoms. The summed E-state index contributed by atoms with van der Waals surface area (Å²) < 4.78 is 5.55. The quantitative estimate of drug-likeness (QED) is 0.477. The monoisotopic (exact) mass is 508 g/mol. The fourth-order valence-electron chi connectivity index (χ4n) is 5.49. The summed E-state index contributed by atoms with van der Waals surface area (Å²) >= 11 is 1.42. The van der Waals surface area contributed by atoms with E-state index in [0.717, 1.165) is 35.5 Å². The molecule has 1 aromatic carbocycles. The number of thioether (sulfide) groups is 1. The third-order valence-corrected chi connectivity index (χ3v) is 7.72. The van der Waals surface area contributed by atoms with Gasteiger partial charge < -0.3 is 19.6 Å². The van der Waals surface area contributed by atoms with Crippen molar-refractivity contribution >= 4 is 29.8 Å². The lowest BCUT2D eigenvalue weighted by Crippen LogP contribution is -2.55. The molecular weight excluding hydrogens is 480 g/mol. The van der Waals surface area contributed by atoms with Gasteiger partial charge in [0, 0.05) is 31.7 Å².